The molecule has 0 radical (unpaired) electrons. The van der Waals surface area contributed by atoms with Crippen LogP contribution in [0.15, 0.2) is 109 Å². The van der Waals surface area contributed by atoms with Crippen LogP contribution in [0.1, 0.15) is 226 Å². The van der Waals surface area contributed by atoms with Gasteiger partial charge in [-0.2, -0.15) is 0 Å². The second-order valence-corrected chi connectivity index (χ2v) is 29.3. The number of rotatable bonds is 34. The quantitative estimate of drug-likeness (QED) is 0.0116. The predicted octanol–water partition coefficient (Wildman–Crippen LogP) is 10.6. The van der Waals surface area contributed by atoms with Crippen LogP contribution >= 0.6 is 11.6 Å². The van der Waals surface area contributed by atoms with Gasteiger partial charge >= 0.3 is 59.7 Å². The van der Waals surface area contributed by atoms with E-state index in [-0.39, 0.29) is 67.5 Å². The van der Waals surface area contributed by atoms with Gasteiger partial charge in [-0.25, -0.2) is 33.6 Å². The van der Waals surface area contributed by atoms with E-state index < -0.39 is 132 Å². The third kappa shape index (κ3) is 49.4. The van der Waals surface area contributed by atoms with Crippen molar-refractivity contribution >= 4 is 94.9 Å². The predicted molar refractivity (Wildman–Crippen MR) is 444 cm³/mol. The van der Waals surface area contributed by atoms with E-state index in [1.807, 2.05) is 24.3 Å². The molecule has 3 fully saturated rings. The van der Waals surface area contributed by atoms with Crippen molar-refractivity contribution in [3.8, 4) is 17.2 Å². The molecule has 0 spiro atoms. The summed E-state index contributed by atoms with van der Waals surface area (Å²) >= 11 is 5.58. The Kier molecular flexibility index (Phi) is 54.8. The standard InChI is InChI=1S/C27H37NO8.C19H29NO7.C14H19NO5.C13H20O4.C8H9ClO.C6H11NO4/c1-18(16-24(30)36-23-10-8-6-5-7-9-11-23)26(31)35-19(2)25(28-20(3)29)27(32)34-17-21-12-14-22(33-4)15-13-21;1-12(11-16(22)27-15-9-7-5-4-6-8-10-15)19(25)26-13(2)17(18(23)24)20-14(3)21;1-9(16)13(15-10(2)17)14(18)20-8-11-4-6-12(19-3)7-5-11;1-10(13(15)16)9-12(14)17-11-7-5-3-2-4-6-8-11;1-10-8-4-2-7(6-9)3-5-8;1-3(8)5(6(10)11)7-4(2)9/h12-15,19,23,25H,1,5-11,16-17H2,2-4H3,(H,28,29);13,15,17H,1,4-11H2,2-3H3,(H,20,21)(H,23,24);4-7,9,13,16H,8H2,1-3H3,(H,15,17);11H,1-9H2,(H,15,16);2-5H,6H2,1H3;3,5,8H,1-2H3,(H,7,9)(H,10,11)/t19-,25+;13-,17+;9-,13+;;;3-,5+/m111..1/s1. The molecule has 0 saturated heterocycles. The van der Waals surface area contributed by atoms with Crippen LogP contribution in [0.3, 0.4) is 0 Å². The number of alkyl halides is 1. The summed E-state index contributed by atoms with van der Waals surface area (Å²) in [6.45, 7) is 20.9. The summed E-state index contributed by atoms with van der Waals surface area (Å²) in [4.78, 5) is 161. The zero-order valence-corrected chi connectivity index (χ0v) is 72.2. The van der Waals surface area contributed by atoms with Crippen LogP contribution in [0.4, 0.5) is 0 Å². The number of esters is 7. The first-order valence-corrected chi connectivity index (χ1v) is 40.7. The average Bonchev–Trinajstić information content (AvgIpc) is 0.860. The molecule has 0 aromatic heterocycles. The maximum Gasteiger partial charge on any atom is 0.334 e. The van der Waals surface area contributed by atoms with E-state index in [1.165, 1.54) is 80.6 Å². The number of carbonyl (C=O) groups excluding carboxylic acids is 11. The first-order valence-electron chi connectivity index (χ1n) is 40.2. The van der Waals surface area contributed by atoms with Gasteiger partial charge in [-0.1, -0.05) is 114 Å². The Balaban J connectivity index is 0.000000765. The van der Waals surface area contributed by atoms with Crippen molar-refractivity contribution in [2.45, 2.75) is 295 Å². The maximum absolute atomic E-state index is 12.7. The topological polar surface area (TPSA) is 481 Å². The third-order valence-corrected chi connectivity index (χ3v) is 18.7. The second-order valence-electron chi connectivity index (χ2n) is 29.0. The van der Waals surface area contributed by atoms with Crippen molar-refractivity contribution in [3.63, 3.8) is 0 Å². The summed E-state index contributed by atoms with van der Waals surface area (Å²) in [5.41, 5.74) is 2.29. The first kappa shape index (κ1) is 108. The van der Waals surface area contributed by atoms with Gasteiger partial charge in [0.05, 0.1) is 52.8 Å². The molecule has 6 rings (SSSR count). The molecule has 0 heterocycles. The molecule has 3 aliphatic rings. The highest BCUT2D eigenvalue weighted by Crippen LogP contribution is 2.25. The highest BCUT2D eigenvalue weighted by Gasteiger charge is 2.34. The molecule has 34 heteroatoms. The number of aliphatic hydroxyl groups is 2. The van der Waals surface area contributed by atoms with E-state index in [0.29, 0.717) is 22.9 Å². The fourth-order valence-electron chi connectivity index (χ4n) is 11.7. The van der Waals surface area contributed by atoms with Gasteiger partial charge in [0.15, 0.2) is 24.2 Å². The number of halogens is 1. The second kappa shape index (κ2) is 61.4. The summed E-state index contributed by atoms with van der Waals surface area (Å²) in [7, 11) is 4.76. The van der Waals surface area contributed by atoms with Gasteiger partial charge in [-0.15, -0.1) is 11.6 Å². The van der Waals surface area contributed by atoms with Gasteiger partial charge in [-0.3, -0.25) is 33.6 Å². The van der Waals surface area contributed by atoms with E-state index >= 15 is 0 Å². The molecule has 674 valence electrons. The molecule has 3 aliphatic carbocycles. The zero-order chi connectivity index (χ0) is 91.1. The number of aliphatic hydroxyl groups excluding tert-OH is 2. The molecule has 3 aromatic rings. The summed E-state index contributed by atoms with van der Waals surface area (Å²) in [6, 6.07) is 16.8. The Morgan fingerprint density at radius 2 is 0.636 bits per heavy atom. The summed E-state index contributed by atoms with van der Waals surface area (Å²) < 4.78 is 52.1. The highest BCUT2D eigenvalue weighted by molar-refractivity contribution is 6.17. The van der Waals surface area contributed by atoms with Crippen molar-refractivity contribution in [1.82, 2.24) is 21.3 Å². The lowest BCUT2D eigenvalue weighted by molar-refractivity contribution is -0.159. The van der Waals surface area contributed by atoms with Crippen LogP contribution in [0.25, 0.3) is 0 Å². The molecule has 121 heavy (non-hydrogen) atoms. The zero-order valence-electron chi connectivity index (χ0n) is 71.4. The lowest BCUT2D eigenvalue weighted by atomic mass is 9.98. The van der Waals surface area contributed by atoms with Crippen molar-refractivity contribution in [3.05, 3.63) is 126 Å². The van der Waals surface area contributed by atoms with Crippen LogP contribution in [-0.4, -0.2) is 197 Å². The van der Waals surface area contributed by atoms with Crippen LogP contribution in [-0.2, 0) is 119 Å². The maximum atomic E-state index is 12.7. The Bertz CT molecular complexity index is 3730. The van der Waals surface area contributed by atoms with Crippen molar-refractivity contribution in [1.29, 1.82) is 0 Å². The van der Waals surface area contributed by atoms with Gasteiger partial charge < -0.3 is 94.2 Å². The normalized spacial score (nSPS) is 15.5. The molecule has 8 atom stereocenters. The van der Waals surface area contributed by atoms with Gasteiger partial charge in [-0.05, 0) is 158 Å². The van der Waals surface area contributed by atoms with Crippen molar-refractivity contribution in [2.24, 2.45) is 0 Å². The first-order chi connectivity index (χ1) is 57.2. The smallest absolute Gasteiger partial charge is 0.334 e. The van der Waals surface area contributed by atoms with Crippen LogP contribution < -0.4 is 35.5 Å². The minimum atomic E-state index is -1.39. The minimum absolute atomic E-state index is 0.0376. The number of ether oxygens (including phenoxy) is 10. The Hall–Kier alpha value is -10.9. The van der Waals surface area contributed by atoms with E-state index in [2.05, 4.69) is 41.0 Å². The van der Waals surface area contributed by atoms with E-state index in [1.54, 1.807) is 69.9 Å². The number of aliphatic carboxylic acids is 3. The lowest BCUT2D eigenvalue weighted by Gasteiger charge is -2.24. The number of benzene rings is 3. The van der Waals surface area contributed by atoms with E-state index in [4.69, 9.17) is 79.4 Å². The number of hydrogen-bond acceptors (Lipinski definition) is 26. The molecule has 0 bridgehead atoms. The number of carbonyl (C=O) groups is 14. The molecule has 33 nitrogen and oxygen atoms in total. The lowest BCUT2D eigenvalue weighted by Crippen LogP contribution is -2.49. The fourth-order valence-corrected chi connectivity index (χ4v) is 11.9. The molecular weight excluding hydrogens is 1600 g/mol. The number of nitrogens with one attached hydrogen (secondary N) is 4. The summed E-state index contributed by atoms with van der Waals surface area (Å²) in [5, 5.41) is 53.5. The Morgan fingerprint density at radius 3 is 0.901 bits per heavy atom. The molecule has 9 N–H and O–H groups in total. The largest absolute Gasteiger partial charge is 0.497 e. The van der Waals surface area contributed by atoms with E-state index in [0.717, 1.165) is 127 Å². The molecule has 0 unspecified atom stereocenters. The molecular formula is C87H125ClN4O29. The van der Waals surface area contributed by atoms with Gasteiger partial charge in [0, 0.05) is 50.3 Å². The van der Waals surface area contributed by atoms with Crippen LogP contribution in [0, 0.1) is 0 Å². The van der Waals surface area contributed by atoms with Gasteiger partial charge in [0.1, 0.15) is 61.0 Å². The fraction of sp³-hybridized carbons (Fsp3) is 0.563. The number of amides is 4. The number of hydrogen-bond donors (Lipinski definition) is 9. The van der Waals surface area contributed by atoms with Gasteiger partial charge in [0.25, 0.3) is 0 Å². The SMILES string of the molecule is C=C(CC(=O)OC1CCCCCCC1)C(=O)O.C=C(CC(=O)OC1CCCCCCC1)C(=O)O[C@H](C)[C@H](NC(C)=O)C(=O)O.C=C(CC(=O)OC1CCCCCCC1)C(=O)O[C@H](C)[C@H](NC(C)=O)C(=O)OCc1ccc(OC)cc1.CC(=O)N[C@H](C(=O)O)[C@@H](C)O.COc1ccc(CCl)cc1.COc1ccc(COC(=O)[C@@H](NC(C)=O)[C@@H](C)O)cc1. The van der Waals surface area contributed by atoms with Gasteiger partial charge in [0.2, 0.25) is 23.6 Å². The average molecular weight is 1730 g/mol. The summed E-state index contributed by atoms with van der Waals surface area (Å²) in [5.74, 6) is -7.59. The number of methoxy groups -OCH3 is 3. The Morgan fingerprint density at radius 1 is 0.380 bits per heavy atom. The highest BCUT2D eigenvalue weighted by atomic mass is 35.5. The van der Waals surface area contributed by atoms with Crippen LogP contribution in [0.2, 0.25) is 0 Å². The molecule has 3 aromatic carbocycles. The molecule has 0 aliphatic heterocycles. The minimum Gasteiger partial charge on any atom is -0.497 e. The number of carboxylic acids is 3. The van der Waals surface area contributed by atoms with E-state index in [9.17, 15) is 72.2 Å². The van der Waals surface area contributed by atoms with Crippen LogP contribution in [0.5, 0.6) is 17.2 Å². The monoisotopic (exact) mass is 1720 g/mol. The molecule has 3 saturated carbocycles. The summed E-state index contributed by atoms with van der Waals surface area (Å²) in [6.07, 6.45) is 16.3. The van der Waals surface area contributed by atoms with Crippen molar-refractivity contribution in [2.75, 3.05) is 21.3 Å². The number of carboxylic acid groups (broad SMARTS) is 3. The Labute approximate surface area is 713 Å². The molecule has 4 amide bonds. The third-order valence-electron chi connectivity index (χ3n) is 18.4. The van der Waals surface area contributed by atoms with Crippen molar-refractivity contribution < 1.29 is 140 Å².